The highest BCUT2D eigenvalue weighted by molar-refractivity contribution is 5.75. The first kappa shape index (κ1) is 28.6. The van der Waals surface area contributed by atoms with Crippen LogP contribution in [0.1, 0.15) is 76.0 Å². The van der Waals surface area contributed by atoms with Gasteiger partial charge in [0.25, 0.3) is 5.56 Å². The van der Waals surface area contributed by atoms with Crippen molar-refractivity contribution in [1.82, 2.24) is 14.5 Å². The molecule has 0 bridgehead atoms. The second kappa shape index (κ2) is 15.4. The maximum Gasteiger partial charge on any atom is 0.333 e. The summed E-state index contributed by atoms with van der Waals surface area (Å²) in [5.74, 6) is -0.216. The lowest BCUT2D eigenvalue weighted by Crippen LogP contribution is -2.43. The van der Waals surface area contributed by atoms with Gasteiger partial charge in [0.2, 0.25) is 5.91 Å². The maximum absolute atomic E-state index is 13.0. The van der Waals surface area contributed by atoms with E-state index in [4.69, 9.17) is 16.0 Å². The van der Waals surface area contributed by atoms with Crippen LogP contribution in [0, 0.1) is 6.92 Å². The predicted octanol–water partition coefficient (Wildman–Crippen LogP) is 1.86. The molecule has 3 atom stereocenters. The van der Waals surface area contributed by atoms with Crippen LogP contribution in [-0.4, -0.2) is 52.0 Å². The smallest absolute Gasteiger partial charge is 0.333 e. The lowest BCUT2D eigenvalue weighted by atomic mass is 10.1. The Kier molecular flexibility index (Phi) is 12.5. The summed E-state index contributed by atoms with van der Waals surface area (Å²) in [6.07, 6.45) is 9.07. The van der Waals surface area contributed by atoms with E-state index in [9.17, 15) is 19.5 Å². The average Bonchev–Trinajstić information content (AvgIpc) is 3.25. The van der Waals surface area contributed by atoms with Crippen LogP contribution in [0.2, 0.25) is 0 Å². The van der Waals surface area contributed by atoms with E-state index in [1.54, 1.807) is 6.92 Å². The summed E-state index contributed by atoms with van der Waals surface area (Å²) in [5, 5.41) is 15.9. The van der Waals surface area contributed by atoms with Gasteiger partial charge in [-0.25, -0.2) is 4.79 Å². The van der Waals surface area contributed by atoms with Gasteiger partial charge in [-0.05, 0) is 31.8 Å². The van der Waals surface area contributed by atoms with Gasteiger partial charge in [0.1, 0.15) is 6.23 Å². The highest BCUT2D eigenvalue weighted by Crippen LogP contribution is 2.29. The van der Waals surface area contributed by atoms with E-state index >= 15 is 0 Å². The zero-order valence-electron chi connectivity index (χ0n) is 20.6. The lowest BCUT2D eigenvalue weighted by molar-refractivity contribution is -0.121. The molecule has 4 N–H and O–H groups in total. The van der Waals surface area contributed by atoms with Crippen LogP contribution in [0.15, 0.2) is 20.9 Å². The van der Waals surface area contributed by atoms with Crippen molar-refractivity contribution >= 4 is 5.91 Å². The van der Waals surface area contributed by atoms with Crippen LogP contribution in [0.25, 0.3) is 10.4 Å². The summed E-state index contributed by atoms with van der Waals surface area (Å²) in [5.41, 5.74) is 13.5. The van der Waals surface area contributed by atoms with Gasteiger partial charge in [-0.2, -0.15) is 0 Å². The average molecular weight is 494 g/mol. The number of nitrogens with one attached hydrogen (secondary N) is 1. The van der Waals surface area contributed by atoms with Crippen LogP contribution in [0.4, 0.5) is 0 Å². The van der Waals surface area contributed by atoms with Crippen molar-refractivity contribution in [3.05, 3.63) is 43.0 Å². The fraction of sp³-hybridized carbons (Fsp3) is 0.783. The van der Waals surface area contributed by atoms with Gasteiger partial charge in [-0.15, -0.1) is 0 Å². The molecule has 0 saturated carbocycles. The molecule has 1 fully saturated rings. The first-order chi connectivity index (χ1) is 16.9. The Morgan fingerprint density at radius 2 is 1.89 bits per heavy atom. The highest BCUT2D eigenvalue weighted by Gasteiger charge is 2.36. The molecule has 1 aromatic rings. The van der Waals surface area contributed by atoms with Crippen molar-refractivity contribution in [2.75, 3.05) is 19.7 Å². The summed E-state index contributed by atoms with van der Waals surface area (Å²) >= 11 is 0. The van der Waals surface area contributed by atoms with Crippen LogP contribution in [0.5, 0.6) is 0 Å². The van der Waals surface area contributed by atoms with Gasteiger partial charge < -0.3 is 20.9 Å². The Morgan fingerprint density at radius 3 is 2.51 bits per heavy atom. The minimum absolute atomic E-state index is 0.00584. The van der Waals surface area contributed by atoms with E-state index in [0.29, 0.717) is 12.1 Å². The van der Waals surface area contributed by atoms with Gasteiger partial charge in [-0.3, -0.25) is 18.7 Å². The number of amides is 1. The zero-order chi connectivity index (χ0) is 25.6. The van der Waals surface area contributed by atoms with Gasteiger partial charge in [0.15, 0.2) is 0 Å². The monoisotopic (exact) mass is 493 g/mol. The highest BCUT2D eigenvalue weighted by atomic mass is 16.5. The van der Waals surface area contributed by atoms with Crippen molar-refractivity contribution in [3.8, 4) is 0 Å². The molecule has 35 heavy (non-hydrogen) atoms. The summed E-state index contributed by atoms with van der Waals surface area (Å²) in [6, 6.07) is -0.621. The van der Waals surface area contributed by atoms with Gasteiger partial charge >= 0.3 is 5.69 Å². The quantitative estimate of drug-likeness (QED) is 0.137. The van der Waals surface area contributed by atoms with Crippen molar-refractivity contribution in [2.45, 2.75) is 96.1 Å². The number of carbonyl (C=O) groups is 1. The molecular formula is C23H39N7O5. The molecule has 0 aromatic carbocycles. The number of aliphatic hydroxyl groups excluding tert-OH is 1. The van der Waals surface area contributed by atoms with Gasteiger partial charge in [0.05, 0.1) is 18.8 Å². The van der Waals surface area contributed by atoms with Crippen LogP contribution in [-0.2, 0) is 16.1 Å². The normalized spacial score (nSPS) is 19.5. The number of azide groups is 1. The first-order valence-electron chi connectivity index (χ1n) is 12.5. The molecule has 2 rings (SSSR count). The van der Waals surface area contributed by atoms with E-state index in [0.717, 1.165) is 36.8 Å². The third kappa shape index (κ3) is 8.81. The molecule has 1 saturated heterocycles. The molecule has 3 unspecified atom stereocenters. The zero-order valence-corrected chi connectivity index (χ0v) is 20.6. The molecule has 0 radical (unpaired) electrons. The number of rotatable bonds is 16. The van der Waals surface area contributed by atoms with Crippen LogP contribution >= 0.6 is 0 Å². The Labute approximate surface area is 205 Å². The Bertz CT molecular complexity index is 970. The topological polar surface area (TPSA) is 177 Å². The number of nitrogens with zero attached hydrogens (tertiary/aromatic N) is 5. The molecule has 0 spiro atoms. The summed E-state index contributed by atoms with van der Waals surface area (Å²) in [7, 11) is 0. The maximum atomic E-state index is 13.0. The summed E-state index contributed by atoms with van der Waals surface area (Å²) in [4.78, 5) is 40.6. The molecular weight excluding hydrogens is 454 g/mol. The van der Waals surface area contributed by atoms with E-state index in [2.05, 4.69) is 15.3 Å². The van der Waals surface area contributed by atoms with Crippen molar-refractivity contribution in [3.63, 3.8) is 0 Å². The van der Waals surface area contributed by atoms with E-state index in [1.807, 2.05) is 0 Å². The van der Waals surface area contributed by atoms with Crippen LogP contribution in [0.3, 0.4) is 0 Å². The number of aliphatic hydroxyl groups is 1. The second-order valence-electron chi connectivity index (χ2n) is 9.00. The minimum Gasteiger partial charge on any atom is -0.394 e. The summed E-state index contributed by atoms with van der Waals surface area (Å²) < 4.78 is 7.97. The molecule has 0 aliphatic carbocycles. The van der Waals surface area contributed by atoms with E-state index in [-0.39, 0.29) is 31.9 Å². The molecule has 12 nitrogen and oxygen atoms in total. The number of ether oxygens (including phenoxy) is 1. The molecule has 196 valence electrons. The second-order valence-corrected chi connectivity index (χ2v) is 9.00. The van der Waals surface area contributed by atoms with Crippen LogP contribution < -0.4 is 22.3 Å². The van der Waals surface area contributed by atoms with Gasteiger partial charge in [-0.1, -0.05) is 43.6 Å². The van der Waals surface area contributed by atoms with Crippen molar-refractivity contribution in [1.29, 1.82) is 0 Å². The Morgan fingerprint density at radius 1 is 1.23 bits per heavy atom. The number of unbranched alkanes of at least 4 members (excludes halogenated alkanes) is 7. The number of carbonyl (C=O) groups excluding carboxylic acids is 1. The molecule has 1 aromatic heterocycles. The lowest BCUT2D eigenvalue weighted by Gasteiger charge is -2.17. The number of hydrogen-bond acceptors (Lipinski definition) is 7. The number of nitrogens with two attached hydrogens (primary N) is 1. The number of aryl methyl sites for hydroxylation is 1. The van der Waals surface area contributed by atoms with Crippen molar-refractivity contribution in [2.24, 2.45) is 10.8 Å². The van der Waals surface area contributed by atoms with E-state index in [1.165, 1.54) is 36.4 Å². The Balaban J connectivity index is 1.84. The number of hydrogen-bond donors (Lipinski definition) is 3. The SMILES string of the molecule is Cc1cn(C2CC(N=[N+]=[N-])C(CO)O2)c(=O)n(CCC(=O)NCCCCCCCCCCN)c1=O. The van der Waals surface area contributed by atoms with Gasteiger partial charge in [0, 0.05) is 42.6 Å². The minimum atomic E-state index is -0.782. The molecule has 1 amide bonds. The standard InChI is InChI=1S/C23H39N7O5/c1-17-15-30(21-14-18(27-28-25)19(16-31)35-21)23(34)29(22(17)33)13-10-20(32)26-12-9-7-5-3-2-4-6-8-11-24/h15,18-19,21,31H,2-14,16,24H2,1H3,(H,26,32). The molecule has 2 heterocycles. The molecule has 12 heteroatoms. The first-order valence-corrected chi connectivity index (χ1v) is 12.5. The summed E-state index contributed by atoms with van der Waals surface area (Å²) in [6.45, 7) is 2.49. The number of aromatic nitrogens is 2. The molecule has 1 aliphatic rings. The van der Waals surface area contributed by atoms with E-state index < -0.39 is 29.6 Å². The largest absolute Gasteiger partial charge is 0.394 e. The fourth-order valence-electron chi connectivity index (χ4n) is 4.26. The third-order valence-corrected chi connectivity index (χ3v) is 6.28. The fourth-order valence-corrected chi connectivity index (χ4v) is 4.26. The third-order valence-electron chi connectivity index (χ3n) is 6.28. The predicted molar refractivity (Wildman–Crippen MR) is 132 cm³/mol. The Hall–Kier alpha value is -2.66. The molecule has 1 aliphatic heterocycles. The van der Waals surface area contributed by atoms with Crippen molar-refractivity contribution < 1.29 is 14.6 Å².